The summed E-state index contributed by atoms with van der Waals surface area (Å²) in [7, 11) is 0. The molecule has 1 fully saturated rings. The Morgan fingerprint density at radius 3 is 2.32 bits per heavy atom. The lowest BCUT2D eigenvalue weighted by molar-refractivity contribution is -0.153. The molecule has 1 aliphatic heterocycles. The highest BCUT2D eigenvalue weighted by Gasteiger charge is 2.39. The first kappa shape index (κ1) is 22.1. The van der Waals surface area contributed by atoms with Crippen molar-refractivity contribution in [2.24, 2.45) is 5.92 Å². The van der Waals surface area contributed by atoms with Gasteiger partial charge in [-0.25, -0.2) is 4.79 Å². The van der Waals surface area contributed by atoms with Crippen LogP contribution < -0.4 is 5.32 Å². The smallest absolute Gasteiger partial charge is 0.407 e. The number of amides is 2. The highest BCUT2D eigenvalue weighted by molar-refractivity contribution is 7.09. The van der Waals surface area contributed by atoms with Gasteiger partial charge in [0, 0.05) is 36.5 Å². The van der Waals surface area contributed by atoms with E-state index in [-0.39, 0.29) is 37.9 Å². The van der Waals surface area contributed by atoms with E-state index in [0.717, 1.165) is 27.1 Å². The van der Waals surface area contributed by atoms with Crippen LogP contribution in [0, 0.1) is 5.92 Å². The lowest BCUT2D eigenvalue weighted by Gasteiger charge is -2.38. The SMILES string of the molecule is O=C(NC(Cc1cncs1)C(=O)N1CC(C(=O)O)C1)OCC1c2ccccc2-c2ccccc21. The standard InChI is InChI=1S/C25H23N3O5S/c29-23(28-11-15(12-28)24(30)31)22(9-16-10-26-14-34-16)27-25(32)33-13-21-19-7-3-1-5-17(19)18-6-2-4-8-20(18)21/h1-8,10,14-15,21-22H,9,11-13H2,(H,27,32)(H,30,31). The summed E-state index contributed by atoms with van der Waals surface area (Å²) in [6.45, 7) is 0.422. The Morgan fingerprint density at radius 2 is 1.74 bits per heavy atom. The van der Waals surface area contributed by atoms with Gasteiger partial charge in [-0.05, 0) is 22.3 Å². The van der Waals surface area contributed by atoms with Crippen LogP contribution in [0.15, 0.2) is 60.2 Å². The van der Waals surface area contributed by atoms with Gasteiger partial charge in [-0.1, -0.05) is 48.5 Å². The maximum atomic E-state index is 13.0. The molecule has 0 saturated carbocycles. The van der Waals surface area contributed by atoms with Crippen molar-refractivity contribution >= 4 is 29.3 Å². The number of hydrogen-bond donors (Lipinski definition) is 2. The van der Waals surface area contributed by atoms with Gasteiger partial charge < -0.3 is 20.1 Å². The maximum absolute atomic E-state index is 13.0. The van der Waals surface area contributed by atoms with Crippen molar-refractivity contribution in [3.05, 3.63) is 76.2 Å². The number of ether oxygens (including phenoxy) is 1. The van der Waals surface area contributed by atoms with E-state index in [1.807, 2.05) is 36.4 Å². The van der Waals surface area contributed by atoms with Crippen molar-refractivity contribution in [1.82, 2.24) is 15.2 Å². The minimum Gasteiger partial charge on any atom is -0.481 e. The number of rotatable bonds is 7. The molecule has 1 atom stereocenters. The molecule has 2 aromatic carbocycles. The fraction of sp³-hybridized carbons (Fsp3) is 0.280. The summed E-state index contributed by atoms with van der Waals surface area (Å²) < 4.78 is 5.60. The minimum absolute atomic E-state index is 0.0829. The van der Waals surface area contributed by atoms with Gasteiger partial charge in [0.25, 0.3) is 0 Å². The zero-order valence-corrected chi connectivity index (χ0v) is 19.0. The van der Waals surface area contributed by atoms with Crippen LogP contribution in [0.3, 0.4) is 0 Å². The van der Waals surface area contributed by atoms with Crippen LogP contribution in [0.5, 0.6) is 0 Å². The normalized spacial score (nSPS) is 15.7. The van der Waals surface area contributed by atoms with Crippen molar-refractivity contribution in [3.63, 3.8) is 0 Å². The van der Waals surface area contributed by atoms with Crippen LogP contribution in [0.1, 0.15) is 21.9 Å². The Balaban J connectivity index is 1.26. The van der Waals surface area contributed by atoms with Gasteiger partial charge in [0.15, 0.2) is 0 Å². The minimum atomic E-state index is -0.924. The molecule has 1 saturated heterocycles. The van der Waals surface area contributed by atoms with E-state index >= 15 is 0 Å². The molecular weight excluding hydrogens is 454 g/mol. The van der Waals surface area contributed by atoms with E-state index in [1.54, 1.807) is 11.7 Å². The number of nitrogens with zero attached hydrogens (tertiary/aromatic N) is 2. The van der Waals surface area contributed by atoms with Crippen molar-refractivity contribution in [3.8, 4) is 11.1 Å². The number of carboxylic acid groups (broad SMARTS) is 1. The van der Waals surface area contributed by atoms with Crippen LogP contribution in [0.25, 0.3) is 11.1 Å². The third kappa shape index (κ3) is 4.26. The van der Waals surface area contributed by atoms with Gasteiger partial charge in [0.05, 0.1) is 11.4 Å². The predicted octanol–water partition coefficient (Wildman–Crippen LogP) is 3.14. The van der Waals surface area contributed by atoms with E-state index in [4.69, 9.17) is 9.84 Å². The number of alkyl carbamates (subject to hydrolysis) is 1. The van der Waals surface area contributed by atoms with E-state index in [9.17, 15) is 14.4 Å². The number of hydrogen-bond acceptors (Lipinski definition) is 6. The van der Waals surface area contributed by atoms with Gasteiger partial charge in [0.1, 0.15) is 12.6 Å². The number of carboxylic acids is 1. The van der Waals surface area contributed by atoms with Crippen LogP contribution in [-0.4, -0.2) is 58.7 Å². The molecule has 5 rings (SSSR count). The number of likely N-dealkylation sites (tertiary alicyclic amines) is 1. The molecule has 8 nitrogen and oxygen atoms in total. The van der Waals surface area contributed by atoms with Gasteiger partial charge in [0.2, 0.25) is 5.91 Å². The molecule has 174 valence electrons. The molecule has 1 aromatic heterocycles. The molecule has 2 amide bonds. The monoisotopic (exact) mass is 477 g/mol. The summed E-state index contributed by atoms with van der Waals surface area (Å²) in [5, 5.41) is 11.8. The molecule has 1 aliphatic carbocycles. The fourth-order valence-corrected chi connectivity index (χ4v) is 5.20. The maximum Gasteiger partial charge on any atom is 0.407 e. The number of carbonyl (C=O) groups excluding carboxylic acids is 2. The van der Waals surface area contributed by atoms with E-state index in [1.165, 1.54) is 16.2 Å². The van der Waals surface area contributed by atoms with Crippen LogP contribution in [-0.2, 0) is 20.7 Å². The first-order chi connectivity index (χ1) is 16.5. The molecule has 2 heterocycles. The summed E-state index contributed by atoms with van der Waals surface area (Å²) in [4.78, 5) is 43.2. The lowest BCUT2D eigenvalue weighted by atomic mass is 9.98. The second kappa shape index (κ2) is 9.26. The Morgan fingerprint density at radius 1 is 1.09 bits per heavy atom. The van der Waals surface area contributed by atoms with E-state index in [0.29, 0.717) is 0 Å². The quantitative estimate of drug-likeness (QED) is 0.541. The first-order valence-electron chi connectivity index (χ1n) is 11.0. The van der Waals surface area contributed by atoms with Crippen LogP contribution in [0.4, 0.5) is 4.79 Å². The molecule has 9 heteroatoms. The zero-order valence-electron chi connectivity index (χ0n) is 18.2. The summed E-state index contributed by atoms with van der Waals surface area (Å²) >= 11 is 1.39. The summed E-state index contributed by atoms with van der Waals surface area (Å²) in [5.41, 5.74) is 6.14. The van der Waals surface area contributed by atoms with Gasteiger partial charge in [-0.3, -0.25) is 14.6 Å². The van der Waals surface area contributed by atoms with Crippen molar-refractivity contribution in [2.45, 2.75) is 18.4 Å². The summed E-state index contributed by atoms with van der Waals surface area (Å²) in [6, 6.07) is 15.3. The second-order valence-electron chi connectivity index (χ2n) is 8.47. The Hall–Kier alpha value is -3.72. The number of fused-ring (bicyclic) bond motifs is 3. The van der Waals surface area contributed by atoms with Crippen LogP contribution in [0.2, 0.25) is 0 Å². The Kier molecular flexibility index (Phi) is 6.02. The molecule has 2 N–H and O–H groups in total. The number of nitrogens with one attached hydrogen (secondary N) is 1. The Bertz CT molecular complexity index is 1180. The molecule has 2 aliphatic rings. The largest absolute Gasteiger partial charge is 0.481 e. The first-order valence-corrected chi connectivity index (χ1v) is 11.9. The fourth-order valence-electron chi connectivity index (χ4n) is 4.56. The number of benzene rings is 2. The van der Waals surface area contributed by atoms with Crippen molar-refractivity contribution < 1.29 is 24.2 Å². The number of aromatic nitrogens is 1. The third-order valence-electron chi connectivity index (χ3n) is 6.37. The average molecular weight is 478 g/mol. The highest BCUT2D eigenvalue weighted by atomic mass is 32.1. The molecular formula is C25H23N3O5S. The number of aliphatic carboxylic acids is 1. The zero-order chi connectivity index (χ0) is 23.7. The average Bonchev–Trinajstić information content (AvgIpc) is 3.42. The molecule has 3 aromatic rings. The molecule has 0 spiro atoms. The van der Waals surface area contributed by atoms with Crippen LogP contribution >= 0.6 is 11.3 Å². The van der Waals surface area contributed by atoms with E-state index < -0.39 is 24.0 Å². The summed E-state index contributed by atoms with van der Waals surface area (Å²) in [6.07, 6.45) is 1.24. The van der Waals surface area contributed by atoms with Crippen molar-refractivity contribution in [2.75, 3.05) is 19.7 Å². The molecule has 0 radical (unpaired) electrons. The second-order valence-corrected chi connectivity index (χ2v) is 9.44. The summed E-state index contributed by atoms with van der Waals surface area (Å²) in [5.74, 6) is -1.89. The topological polar surface area (TPSA) is 109 Å². The third-order valence-corrected chi connectivity index (χ3v) is 7.17. The van der Waals surface area contributed by atoms with E-state index in [2.05, 4.69) is 22.4 Å². The molecule has 0 bridgehead atoms. The molecule has 34 heavy (non-hydrogen) atoms. The highest BCUT2D eigenvalue weighted by Crippen LogP contribution is 2.44. The lowest BCUT2D eigenvalue weighted by Crippen LogP contribution is -2.59. The van der Waals surface area contributed by atoms with Gasteiger partial charge >= 0.3 is 12.1 Å². The predicted molar refractivity (Wildman–Crippen MR) is 126 cm³/mol. The number of carbonyl (C=O) groups is 3. The Labute approximate surface area is 200 Å². The van der Waals surface area contributed by atoms with Crippen molar-refractivity contribution in [1.29, 1.82) is 0 Å². The van der Waals surface area contributed by atoms with Gasteiger partial charge in [-0.2, -0.15) is 0 Å². The molecule has 1 unspecified atom stereocenters. The van der Waals surface area contributed by atoms with Gasteiger partial charge in [-0.15, -0.1) is 11.3 Å². The number of thiazole rings is 1.